The number of fused-ring (bicyclic) bond motifs is 1. The Hall–Kier alpha value is -3.89. The molecule has 0 aromatic rings. The Kier molecular flexibility index (Phi) is 7.35. The lowest BCUT2D eigenvalue weighted by Crippen LogP contribution is -2.48. The molecule has 31 heavy (non-hydrogen) atoms. The van der Waals surface area contributed by atoms with E-state index in [0.29, 0.717) is 0 Å². The van der Waals surface area contributed by atoms with Gasteiger partial charge in [-0.05, 0) is 12.2 Å². The molecule has 0 saturated heterocycles. The average Bonchev–Trinajstić information content (AvgIpc) is 2.89. The first-order valence-corrected chi connectivity index (χ1v) is 8.86. The molecular formula is C20H21NO10. The van der Waals surface area contributed by atoms with Crippen molar-refractivity contribution in [1.29, 1.82) is 0 Å². The van der Waals surface area contributed by atoms with Gasteiger partial charge in [0, 0.05) is 13.1 Å². The van der Waals surface area contributed by atoms with Gasteiger partial charge in [0.2, 0.25) is 0 Å². The van der Waals surface area contributed by atoms with E-state index in [9.17, 15) is 24.0 Å². The molecule has 0 aromatic carbocycles. The summed E-state index contributed by atoms with van der Waals surface area (Å²) in [5, 5.41) is 0. The highest BCUT2D eigenvalue weighted by Gasteiger charge is 2.51. The zero-order valence-electron chi connectivity index (χ0n) is 17.5. The van der Waals surface area contributed by atoms with E-state index in [1.54, 1.807) is 0 Å². The van der Waals surface area contributed by atoms with Gasteiger partial charge >= 0.3 is 29.8 Å². The maximum Gasteiger partial charge on any atom is 0.342 e. The van der Waals surface area contributed by atoms with Crippen LogP contribution < -0.4 is 0 Å². The Morgan fingerprint density at radius 1 is 0.839 bits per heavy atom. The van der Waals surface area contributed by atoms with Crippen LogP contribution in [0.2, 0.25) is 0 Å². The standard InChI is InChI=1S/C20H21NO10/c1-10(22)31-16-11-8-6-7-9-21(11)15(20(26)30-5)13(18(24)28-3)12(17(23)27-2)14(16)19(25)29-4/h6-9,13,15H,1-5H3. The molecule has 0 saturated carbocycles. The Bertz CT molecular complexity index is 940. The van der Waals surface area contributed by atoms with Gasteiger partial charge in [-0.25, -0.2) is 14.4 Å². The number of carbonyl (C=O) groups is 5. The van der Waals surface area contributed by atoms with Gasteiger partial charge in [-0.2, -0.15) is 0 Å². The lowest BCUT2D eigenvalue weighted by molar-refractivity contribution is -0.157. The van der Waals surface area contributed by atoms with Crippen LogP contribution in [0.1, 0.15) is 6.92 Å². The molecule has 0 bridgehead atoms. The highest BCUT2D eigenvalue weighted by molar-refractivity contribution is 6.08. The second-order valence-electron chi connectivity index (χ2n) is 6.16. The highest BCUT2D eigenvalue weighted by Crippen LogP contribution is 2.39. The zero-order chi connectivity index (χ0) is 23.3. The summed E-state index contributed by atoms with van der Waals surface area (Å²) in [5.74, 6) is -7.14. The number of hydrogen-bond donors (Lipinski definition) is 0. The summed E-state index contributed by atoms with van der Waals surface area (Å²) in [6, 6.07) is -1.50. The van der Waals surface area contributed by atoms with E-state index in [2.05, 4.69) is 0 Å². The molecule has 2 rings (SSSR count). The van der Waals surface area contributed by atoms with Gasteiger partial charge in [0.05, 0.1) is 39.7 Å². The van der Waals surface area contributed by atoms with Crippen LogP contribution in [0.4, 0.5) is 0 Å². The zero-order valence-corrected chi connectivity index (χ0v) is 17.5. The molecule has 11 nitrogen and oxygen atoms in total. The van der Waals surface area contributed by atoms with Crippen molar-refractivity contribution in [1.82, 2.24) is 4.90 Å². The van der Waals surface area contributed by atoms with Crippen molar-refractivity contribution >= 4 is 29.8 Å². The lowest BCUT2D eigenvalue weighted by Gasteiger charge is -2.33. The maximum atomic E-state index is 12.8. The number of methoxy groups -OCH3 is 4. The number of ether oxygens (including phenoxy) is 5. The summed E-state index contributed by atoms with van der Waals surface area (Å²) in [5.41, 5.74) is -1.12. The Labute approximate surface area is 177 Å². The lowest BCUT2D eigenvalue weighted by atomic mass is 9.87. The average molecular weight is 435 g/mol. The minimum atomic E-state index is -1.70. The predicted molar refractivity (Wildman–Crippen MR) is 101 cm³/mol. The van der Waals surface area contributed by atoms with Gasteiger partial charge in [-0.3, -0.25) is 9.59 Å². The van der Waals surface area contributed by atoms with Crippen LogP contribution >= 0.6 is 0 Å². The SMILES string of the molecule is COC(=O)C1=C(C(=O)OC)C(C(=O)OC)C(C(=O)OC)N2C=CC=CC2=C1OC(C)=O. The van der Waals surface area contributed by atoms with E-state index in [0.717, 1.165) is 35.4 Å². The molecule has 0 amide bonds. The second-order valence-corrected chi connectivity index (χ2v) is 6.16. The van der Waals surface area contributed by atoms with Crippen LogP contribution in [0.5, 0.6) is 0 Å². The first kappa shape index (κ1) is 23.4. The van der Waals surface area contributed by atoms with Crippen molar-refractivity contribution in [3.63, 3.8) is 0 Å². The van der Waals surface area contributed by atoms with E-state index < -0.39 is 58.7 Å². The Morgan fingerprint density at radius 3 is 1.97 bits per heavy atom. The number of carbonyl (C=O) groups excluding carboxylic acids is 5. The number of nitrogens with zero attached hydrogens (tertiary/aromatic N) is 1. The Morgan fingerprint density at radius 2 is 1.45 bits per heavy atom. The molecular weight excluding hydrogens is 414 g/mol. The number of rotatable bonds is 5. The first-order valence-electron chi connectivity index (χ1n) is 8.86. The fraction of sp³-hybridized carbons (Fsp3) is 0.350. The fourth-order valence-electron chi connectivity index (χ4n) is 3.25. The molecule has 0 fully saturated rings. The van der Waals surface area contributed by atoms with Gasteiger partial charge in [-0.1, -0.05) is 6.08 Å². The third-order valence-corrected chi connectivity index (χ3v) is 4.48. The van der Waals surface area contributed by atoms with Crippen molar-refractivity contribution in [2.75, 3.05) is 28.4 Å². The van der Waals surface area contributed by atoms with E-state index in [4.69, 9.17) is 23.7 Å². The third-order valence-electron chi connectivity index (χ3n) is 4.48. The number of esters is 5. The molecule has 2 unspecified atom stereocenters. The van der Waals surface area contributed by atoms with Gasteiger partial charge in [0.1, 0.15) is 17.5 Å². The summed E-state index contributed by atoms with van der Waals surface area (Å²) >= 11 is 0. The highest BCUT2D eigenvalue weighted by atomic mass is 16.6. The van der Waals surface area contributed by atoms with Crippen LogP contribution in [0.25, 0.3) is 0 Å². The molecule has 2 atom stereocenters. The topological polar surface area (TPSA) is 135 Å². The van der Waals surface area contributed by atoms with Gasteiger partial charge in [0.25, 0.3) is 0 Å². The van der Waals surface area contributed by atoms with Gasteiger partial charge < -0.3 is 28.6 Å². The number of allylic oxidation sites excluding steroid dienone is 3. The van der Waals surface area contributed by atoms with E-state index in [-0.39, 0.29) is 5.70 Å². The second kappa shape index (κ2) is 9.74. The van der Waals surface area contributed by atoms with Crippen molar-refractivity contribution in [2.45, 2.75) is 13.0 Å². The molecule has 166 valence electrons. The van der Waals surface area contributed by atoms with Crippen molar-refractivity contribution in [2.24, 2.45) is 5.92 Å². The van der Waals surface area contributed by atoms with Gasteiger partial charge in [0.15, 0.2) is 5.76 Å². The molecule has 0 spiro atoms. The number of hydrogen-bond acceptors (Lipinski definition) is 11. The van der Waals surface area contributed by atoms with Crippen LogP contribution in [-0.2, 0) is 47.7 Å². The largest absolute Gasteiger partial charge is 0.468 e. The summed E-state index contributed by atoms with van der Waals surface area (Å²) < 4.78 is 24.5. The molecule has 2 heterocycles. The van der Waals surface area contributed by atoms with E-state index in [1.165, 1.54) is 29.3 Å². The minimum absolute atomic E-state index is 0.0290. The predicted octanol–water partition coefficient (Wildman–Crippen LogP) is 0.134. The molecule has 0 aliphatic carbocycles. The first-order chi connectivity index (χ1) is 14.7. The van der Waals surface area contributed by atoms with E-state index >= 15 is 0 Å². The van der Waals surface area contributed by atoms with Gasteiger partial charge in [-0.15, -0.1) is 0 Å². The third kappa shape index (κ3) is 4.34. The van der Waals surface area contributed by atoms with Crippen LogP contribution in [0, 0.1) is 5.92 Å². The maximum absolute atomic E-state index is 12.8. The van der Waals surface area contributed by atoms with Crippen LogP contribution in [0.3, 0.4) is 0 Å². The summed E-state index contributed by atoms with van der Waals surface area (Å²) in [7, 11) is 4.18. The molecule has 2 aliphatic rings. The summed E-state index contributed by atoms with van der Waals surface area (Å²) in [6.45, 7) is 1.08. The van der Waals surface area contributed by atoms with E-state index in [1.807, 2.05) is 0 Å². The van der Waals surface area contributed by atoms with Crippen molar-refractivity contribution < 1.29 is 47.7 Å². The van der Waals surface area contributed by atoms with Crippen LogP contribution in [0.15, 0.2) is 47.0 Å². The van der Waals surface area contributed by atoms with Crippen LogP contribution in [-0.4, -0.2) is 69.2 Å². The Balaban J connectivity index is 3.08. The molecule has 0 N–H and O–H groups in total. The molecule has 0 radical (unpaired) electrons. The smallest absolute Gasteiger partial charge is 0.342 e. The normalized spacial score (nSPS) is 19.8. The summed E-state index contributed by atoms with van der Waals surface area (Å²) in [4.78, 5) is 64.3. The quantitative estimate of drug-likeness (QED) is 0.431. The molecule has 0 aromatic heterocycles. The summed E-state index contributed by atoms with van der Waals surface area (Å²) in [6.07, 6.45) is 5.88. The molecule has 11 heteroatoms. The fourth-order valence-corrected chi connectivity index (χ4v) is 3.25. The monoisotopic (exact) mass is 435 g/mol. The minimum Gasteiger partial charge on any atom is -0.468 e. The van der Waals surface area contributed by atoms with Crippen molar-refractivity contribution in [3.8, 4) is 0 Å². The molecule has 2 aliphatic heterocycles. The van der Waals surface area contributed by atoms with Crippen molar-refractivity contribution in [3.05, 3.63) is 47.0 Å².